The predicted octanol–water partition coefficient (Wildman–Crippen LogP) is 3.15. The molecular formula is C6H10Br2. The largest absolute Gasteiger partial charge is 0.0840 e. The Morgan fingerprint density at radius 1 is 1.50 bits per heavy atom. The summed E-state index contributed by atoms with van der Waals surface area (Å²) in [7, 11) is 0. The number of halogens is 2. The average Bonchev–Trinajstić information content (AvgIpc) is 2.13. The summed E-state index contributed by atoms with van der Waals surface area (Å²) in [6.07, 6.45) is 1.28. The molecule has 0 radical (unpaired) electrons. The molecule has 0 N–H and O–H groups in total. The summed E-state index contributed by atoms with van der Waals surface area (Å²) in [6.45, 7) is 4.52. The Kier molecular flexibility index (Phi) is 1.75. The van der Waals surface area contributed by atoms with Crippen molar-refractivity contribution in [2.24, 2.45) is 11.8 Å². The monoisotopic (exact) mass is 240 g/mol. The van der Waals surface area contributed by atoms with Gasteiger partial charge in [-0.15, -0.1) is 0 Å². The van der Waals surface area contributed by atoms with Crippen molar-refractivity contribution in [2.45, 2.75) is 23.5 Å². The maximum atomic E-state index is 3.57. The normalized spacial score (nSPS) is 33.4. The van der Waals surface area contributed by atoms with Crippen molar-refractivity contribution < 1.29 is 0 Å². The SMILES string of the molecule is CC(C)C1CC1(Br)Br. The van der Waals surface area contributed by atoms with Crippen LogP contribution >= 0.6 is 31.9 Å². The van der Waals surface area contributed by atoms with E-state index in [-0.39, 0.29) is 0 Å². The molecule has 1 unspecified atom stereocenters. The van der Waals surface area contributed by atoms with Crippen LogP contribution in [0.15, 0.2) is 0 Å². The van der Waals surface area contributed by atoms with Crippen molar-refractivity contribution in [2.75, 3.05) is 0 Å². The lowest BCUT2D eigenvalue weighted by Gasteiger charge is -2.01. The van der Waals surface area contributed by atoms with Gasteiger partial charge in [0.2, 0.25) is 0 Å². The van der Waals surface area contributed by atoms with Crippen LogP contribution in [0.3, 0.4) is 0 Å². The van der Waals surface area contributed by atoms with Crippen LogP contribution in [0.4, 0.5) is 0 Å². The fourth-order valence-electron chi connectivity index (χ4n) is 0.958. The van der Waals surface area contributed by atoms with Gasteiger partial charge in [0.15, 0.2) is 0 Å². The van der Waals surface area contributed by atoms with Crippen LogP contribution in [0.1, 0.15) is 20.3 Å². The second-order valence-corrected chi connectivity index (χ2v) is 6.71. The fourth-order valence-corrected chi connectivity index (χ4v) is 2.71. The zero-order valence-corrected chi connectivity index (χ0v) is 8.29. The summed E-state index contributed by atoms with van der Waals surface area (Å²) < 4.78 is 0.314. The molecule has 0 aromatic carbocycles. The van der Waals surface area contributed by atoms with E-state index in [1.807, 2.05) is 0 Å². The maximum Gasteiger partial charge on any atom is 0.0840 e. The van der Waals surface area contributed by atoms with Crippen LogP contribution in [0.25, 0.3) is 0 Å². The molecule has 1 atom stereocenters. The third-order valence-electron chi connectivity index (χ3n) is 1.68. The zero-order chi connectivity index (χ0) is 6.36. The van der Waals surface area contributed by atoms with Crippen LogP contribution in [-0.2, 0) is 0 Å². The first-order valence-electron chi connectivity index (χ1n) is 2.92. The van der Waals surface area contributed by atoms with E-state index in [9.17, 15) is 0 Å². The summed E-state index contributed by atoms with van der Waals surface area (Å²) in [5, 5.41) is 0. The average molecular weight is 242 g/mol. The quantitative estimate of drug-likeness (QED) is 0.619. The maximum absolute atomic E-state index is 3.57. The highest BCUT2D eigenvalue weighted by atomic mass is 79.9. The summed E-state index contributed by atoms with van der Waals surface area (Å²) in [6, 6.07) is 0. The molecule has 0 saturated heterocycles. The molecule has 48 valence electrons. The van der Waals surface area contributed by atoms with Crippen LogP contribution in [0.5, 0.6) is 0 Å². The lowest BCUT2D eigenvalue weighted by molar-refractivity contribution is 0.563. The van der Waals surface area contributed by atoms with Gasteiger partial charge in [-0.1, -0.05) is 45.7 Å². The second-order valence-electron chi connectivity index (χ2n) is 2.82. The van der Waals surface area contributed by atoms with E-state index in [0.29, 0.717) is 3.23 Å². The van der Waals surface area contributed by atoms with Gasteiger partial charge in [0.1, 0.15) is 0 Å². The van der Waals surface area contributed by atoms with Crippen molar-refractivity contribution in [1.29, 1.82) is 0 Å². The molecule has 8 heavy (non-hydrogen) atoms. The first-order valence-corrected chi connectivity index (χ1v) is 4.50. The Morgan fingerprint density at radius 2 is 1.88 bits per heavy atom. The minimum Gasteiger partial charge on any atom is -0.0724 e. The van der Waals surface area contributed by atoms with Crippen molar-refractivity contribution in [3.8, 4) is 0 Å². The molecular weight excluding hydrogens is 232 g/mol. The molecule has 2 heteroatoms. The smallest absolute Gasteiger partial charge is 0.0724 e. The molecule has 1 saturated carbocycles. The molecule has 1 aliphatic carbocycles. The summed E-state index contributed by atoms with van der Waals surface area (Å²) in [4.78, 5) is 0. The third kappa shape index (κ3) is 1.27. The third-order valence-corrected chi connectivity index (χ3v) is 3.50. The first-order chi connectivity index (χ1) is 3.54. The summed E-state index contributed by atoms with van der Waals surface area (Å²) >= 11 is 7.14. The molecule has 0 heterocycles. The Hall–Kier alpha value is 0.960. The standard InChI is InChI=1S/C6H10Br2/c1-4(2)5-3-6(5,7)8/h4-5H,3H2,1-2H3. The van der Waals surface area contributed by atoms with Gasteiger partial charge in [-0.3, -0.25) is 0 Å². The van der Waals surface area contributed by atoms with E-state index < -0.39 is 0 Å². The number of alkyl halides is 2. The second kappa shape index (κ2) is 1.98. The van der Waals surface area contributed by atoms with Crippen molar-refractivity contribution in [3.63, 3.8) is 0 Å². The van der Waals surface area contributed by atoms with Gasteiger partial charge in [0, 0.05) is 0 Å². The molecule has 0 aliphatic heterocycles. The van der Waals surface area contributed by atoms with Gasteiger partial charge >= 0.3 is 0 Å². The topological polar surface area (TPSA) is 0 Å². The number of hydrogen-bond acceptors (Lipinski definition) is 0. The predicted molar refractivity (Wildman–Crippen MR) is 43.5 cm³/mol. The Balaban J connectivity index is 2.37. The van der Waals surface area contributed by atoms with Crippen LogP contribution in [0, 0.1) is 11.8 Å². The molecule has 0 amide bonds. The van der Waals surface area contributed by atoms with Crippen molar-refractivity contribution in [1.82, 2.24) is 0 Å². The minimum atomic E-state index is 0.314. The first kappa shape index (κ1) is 7.07. The zero-order valence-electron chi connectivity index (χ0n) is 5.12. The highest BCUT2D eigenvalue weighted by Gasteiger charge is 2.51. The highest BCUT2D eigenvalue weighted by Crippen LogP contribution is 2.59. The lowest BCUT2D eigenvalue weighted by atomic mass is 10.1. The summed E-state index contributed by atoms with van der Waals surface area (Å²) in [5.74, 6) is 1.66. The number of hydrogen-bond donors (Lipinski definition) is 0. The highest BCUT2D eigenvalue weighted by molar-refractivity contribution is 9.25. The van der Waals surface area contributed by atoms with Gasteiger partial charge in [-0.05, 0) is 18.3 Å². The molecule has 0 bridgehead atoms. The Bertz CT molecular complexity index is 96.7. The van der Waals surface area contributed by atoms with Crippen molar-refractivity contribution in [3.05, 3.63) is 0 Å². The summed E-state index contributed by atoms with van der Waals surface area (Å²) in [5.41, 5.74) is 0. The molecule has 0 aromatic rings. The van der Waals surface area contributed by atoms with E-state index in [0.717, 1.165) is 11.8 Å². The van der Waals surface area contributed by atoms with Crippen molar-refractivity contribution >= 4 is 31.9 Å². The molecule has 0 aromatic heterocycles. The van der Waals surface area contributed by atoms with E-state index in [4.69, 9.17) is 0 Å². The molecule has 1 aliphatic rings. The molecule has 0 spiro atoms. The Labute approximate surface area is 67.3 Å². The van der Waals surface area contributed by atoms with Crippen LogP contribution in [-0.4, -0.2) is 3.23 Å². The van der Waals surface area contributed by atoms with Crippen LogP contribution < -0.4 is 0 Å². The van der Waals surface area contributed by atoms with E-state index in [1.54, 1.807) is 0 Å². The van der Waals surface area contributed by atoms with Gasteiger partial charge in [0.05, 0.1) is 3.23 Å². The molecule has 0 nitrogen and oxygen atoms in total. The van der Waals surface area contributed by atoms with Gasteiger partial charge in [-0.25, -0.2) is 0 Å². The van der Waals surface area contributed by atoms with E-state index >= 15 is 0 Å². The van der Waals surface area contributed by atoms with Crippen LogP contribution in [0.2, 0.25) is 0 Å². The van der Waals surface area contributed by atoms with E-state index in [1.165, 1.54) is 6.42 Å². The van der Waals surface area contributed by atoms with E-state index in [2.05, 4.69) is 45.7 Å². The molecule has 1 rings (SSSR count). The minimum absolute atomic E-state index is 0.314. The lowest BCUT2D eigenvalue weighted by Crippen LogP contribution is -1.96. The molecule has 1 fully saturated rings. The van der Waals surface area contributed by atoms with Gasteiger partial charge in [0.25, 0.3) is 0 Å². The van der Waals surface area contributed by atoms with Gasteiger partial charge in [-0.2, -0.15) is 0 Å². The number of rotatable bonds is 1. The fraction of sp³-hybridized carbons (Fsp3) is 1.00. The van der Waals surface area contributed by atoms with Gasteiger partial charge < -0.3 is 0 Å². The Morgan fingerprint density at radius 3 is 1.88 bits per heavy atom.